The van der Waals surface area contributed by atoms with Gasteiger partial charge in [-0.25, -0.2) is 4.90 Å². The van der Waals surface area contributed by atoms with Crippen LogP contribution in [0.5, 0.6) is 11.5 Å². The summed E-state index contributed by atoms with van der Waals surface area (Å²) in [5, 5.41) is 10.5. The molecular weight excluding hydrogens is 579 g/mol. The third kappa shape index (κ3) is 3.33. The van der Waals surface area contributed by atoms with E-state index in [0.717, 1.165) is 15.4 Å². The van der Waals surface area contributed by atoms with Gasteiger partial charge in [-0.15, -0.1) is 23.2 Å². The number of anilines is 1. The average molecular weight is 604 g/mol. The maximum Gasteiger partial charge on any atom is 0.253 e. The number of imide groups is 2. The molecule has 40 heavy (non-hydrogen) atoms. The van der Waals surface area contributed by atoms with Gasteiger partial charge in [0.15, 0.2) is 9.75 Å². The standard InChI is InChI=1S/C29H25Cl3N2O6/c1-13-4-5-14(10-20(13)30)34-24(36)18-9-8-16-19(22(18)25(34)37)12-28(31)26(38)33(2)27(39)29(28,32)23(16)17-7-6-15(35)11-21(17)40-3/h4-8,10-11,18-19,22-23,35H,9,12H2,1-3H3. The number of carbonyl (C=O) groups is 4. The van der Waals surface area contributed by atoms with E-state index in [-0.39, 0.29) is 30.2 Å². The minimum atomic E-state index is -1.93. The summed E-state index contributed by atoms with van der Waals surface area (Å²) in [5.41, 5.74) is 2.25. The number of methoxy groups -OCH3 is 1. The quantitative estimate of drug-likeness (QED) is 0.314. The zero-order valence-electron chi connectivity index (χ0n) is 21.8. The molecular formula is C29H25Cl3N2O6. The highest BCUT2D eigenvalue weighted by Gasteiger charge is 2.76. The minimum Gasteiger partial charge on any atom is -0.508 e. The summed E-state index contributed by atoms with van der Waals surface area (Å²) in [4.78, 5) is 53.2. The average Bonchev–Trinajstić information content (AvgIpc) is 3.25. The normalized spacial score (nSPS) is 33.1. The molecule has 2 aromatic rings. The Morgan fingerprint density at radius 1 is 1.00 bits per heavy atom. The number of allylic oxidation sites excluding steroid dienone is 2. The molecule has 3 fully saturated rings. The van der Waals surface area contributed by atoms with Crippen LogP contribution in [0.3, 0.4) is 0 Å². The summed E-state index contributed by atoms with van der Waals surface area (Å²) in [5.74, 6) is -5.10. The predicted molar refractivity (Wildman–Crippen MR) is 149 cm³/mol. The van der Waals surface area contributed by atoms with Crippen molar-refractivity contribution in [2.24, 2.45) is 17.8 Å². The van der Waals surface area contributed by atoms with Crippen molar-refractivity contribution in [3.8, 4) is 11.5 Å². The second-order valence-electron chi connectivity index (χ2n) is 10.9. The fourth-order valence-corrected chi connectivity index (χ4v) is 8.19. The number of aromatic hydroxyl groups is 1. The van der Waals surface area contributed by atoms with E-state index in [2.05, 4.69) is 0 Å². The molecule has 0 radical (unpaired) electrons. The Hall–Kier alpha value is -3.07. The molecule has 6 atom stereocenters. The first kappa shape index (κ1) is 27.1. The van der Waals surface area contributed by atoms with Crippen LogP contribution in [0, 0.1) is 24.7 Å². The van der Waals surface area contributed by atoms with Crippen LogP contribution in [0.25, 0.3) is 0 Å². The van der Waals surface area contributed by atoms with Crippen LogP contribution in [-0.4, -0.2) is 57.5 Å². The van der Waals surface area contributed by atoms with Crippen LogP contribution in [0.2, 0.25) is 5.02 Å². The van der Waals surface area contributed by atoms with E-state index < -0.39 is 51.1 Å². The number of fused-ring (bicyclic) bond motifs is 4. The third-order valence-corrected chi connectivity index (χ3v) is 10.8. The summed E-state index contributed by atoms with van der Waals surface area (Å²) in [6, 6.07) is 9.40. The number of phenolic OH excluding ortho intramolecular Hbond substituents is 1. The molecule has 1 N–H and O–H groups in total. The fraction of sp³-hybridized carbons (Fsp3) is 0.379. The van der Waals surface area contributed by atoms with Crippen molar-refractivity contribution in [3.05, 3.63) is 64.2 Å². The lowest BCUT2D eigenvalue weighted by Gasteiger charge is -2.51. The zero-order chi connectivity index (χ0) is 28.9. The molecule has 0 aromatic heterocycles. The Balaban J connectivity index is 1.53. The lowest BCUT2D eigenvalue weighted by Crippen LogP contribution is -2.60. The number of nitrogens with zero attached hydrogens (tertiary/aromatic N) is 2. The van der Waals surface area contributed by atoms with Gasteiger partial charge in [0, 0.05) is 29.6 Å². The van der Waals surface area contributed by atoms with Crippen LogP contribution in [0.4, 0.5) is 5.69 Å². The lowest BCUT2D eigenvalue weighted by molar-refractivity contribution is -0.138. The second-order valence-corrected chi connectivity index (χ2v) is 12.5. The van der Waals surface area contributed by atoms with Gasteiger partial charge in [0.05, 0.1) is 24.6 Å². The van der Waals surface area contributed by atoms with E-state index in [4.69, 9.17) is 39.5 Å². The molecule has 0 bridgehead atoms. The Morgan fingerprint density at radius 3 is 2.40 bits per heavy atom. The maximum atomic E-state index is 14.0. The van der Waals surface area contributed by atoms with Gasteiger partial charge >= 0.3 is 0 Å². The Labute approximate surface area is 245 Å². The summed E-state index contributed by atoms with van der Waals surface area (Å²) in [6.07, 6.45) is 1.96. The lowest BCUT2D eigenvalue weighted by atomic mass is 9.56. The van der Waals surface area contributed by atoms with E-state index in [9.17, 15) is 24.3 Å². The number of alkyl halides is 2. The molecule has 4 aliphatic rings. The van der Waals surface area contributed by atoms with Gasteiger partial charge in [0.2, 0.25) is 11.8 Å². The number of hydrogen-bond donors (Lipinski definition) is 1. The van der Waals surface area contributed by atoms with Gasteiger partial charge < -0.3 is 9.84 Å². The van der Waals surface area contributed by atoms with Crippen LogP contribution >= 0.6 is 34.8 Å². The number of carbonyl (C=O) groups excluding carboxylic acids is 4. The van der Waals surface area contributed by atoms with Crippen LogP contribution < -0.4 is 9.64 Å². The van der Waals surface area contributed by atoms with Crippen molar-refractivity contribution in [1.29, 1.82) is 0 Å². The maximum absolute atomic E-state index is 14.0. The first-order chi connectivity index (χ1) is 18.9. The molecule has 2 heterocycles. The van der Waals surface area contributed by atoms with E-state index in [1.54, 1.807) is 24.3 Å². The van der Waals surface area contributed by atoms with E-state index in [1.807, 2.05) is 13.0 Å². The van der Waals surface area contributed by atoms with Crippen molar-refractivity contribution in [1.82, 2.24) is 4.90 Å². The smallest absolute Gasteiger partial charge is 0.253 e. The van der Waals surface area contributed by atoms with E-state index >= 15 is 0 Å². The van der Waals surface area contributed by atoms with Crippen molar-refractivity contribution in [3.63, 3.8) is 0 Å². The van der Waals surface area contributed by atoms with Gasteiger partial charge in [-0.1, -0.05) is 35.4 Å². The van der Waals surface area contributed by atoms with Gasteiger partial charge in [-0.05, 0) is 49.4 Å². The molecule has 2 aliphatic heterocycles. The van der Waals surface area contributed by atoms with Crippen LogP contribution in [0.1, 0.15) is 29.9 Å². The summed E-state index contributed by atoms with van der Waals surface area (Å²) >= 11 is 20.7. The van der Waals surface area contributed by atoms with E-state index in [0.29, 0.717) is 21.8 Å². The molecule has 6 unspecified atom stereocenters. The van der Waals surface area contributed by atoms with Gasteiger partial charge in [0.1, 0.15) is 11.5 Å². The van der Waals surface area contributed by atoms with Crippen LogP contribution in [-0.2, 0) is 19.2 Å². The molecule has 6 rings (SSSR count). The van der Waals surface area contributed by atoms with Crippen molar-refractivity contribution >= 4 is 64.1 Å². The molecule has 4 amide bonds. The highest BCUT2D eigenvalue weighted by atomic mass is 35.5. The number of hydrogen-bond acceptors (Lipinski definition) is 6. The zero-order valence-corrected chi connectivity index (χ0v) is 24.0. The second kappa shape index (κ2) is 8.96. The molecule has 0 spiro atoms. The van der Waals surface area contributed by atoms with Crippen molar-refractivity contribution < 1.29 is 29.0 Å². The van der Waals surface area contributed by atoms with Gasteiger partial charge in [0.25, 0.3) is 11.8 Å². The Morgan fingerprint density at radius 2 is 1.73 bits per heavy atom. The number of aryl methyl sites for hydroxylation is 1. The number of ether oxygens (including phenoxy) is 1. The predicted octanol–water partition coefficient (Wildman–Crippen LogP) is 4.56. The van der Waals surface area contributed by atoms with Crippen LogP contribution in [0.15, 0.2) is 48.0 Å². The molecule has 8 nitrogen and oxygen atoms in total. The number of halogens is 3. The molecule has 2 aliphatic carbocycles. The largest absolute Gasteiger partial charge is 0.508 e. The molecule has 2 saturated heterocycles. The number of rotatable bonds is 3. The Kier molecular flexibility index (Phi) is 6.08. The topological polar surface area (TPSA) is 104 Å². The molecule has 2 aromatic carbocycles. The third-order valence-electron chi connectivity index (χ3n) is 8.96. The Bertz CT molecular complexity index is 1560. The highest BCUT2D eigenvalue weighted by molar-refractivity contribution is 6.53. The van der Waals surface area contributed by atoms with Gasteiger partial charge in [-0.3, -0.25) is 24.1 Å². The van der Waals surface area contributed by atoms with Crippen molar-refractivity contribution in [2.45, 2.75) is 35.4 Å². The number of benzene rings is 2. The summed E-state index contributed by atoms with van der Waals surface area (Å²) in [7, 11) is 2.74. The SMILES string of the molecule is COc1cc(O)ccc1C1C2=CCC3C(=O)N(c4ccc(C)c(Cl)c4)C(=O)C3C2CC2(Cl)C(=O)N(C)C(=O)C12Cl. The number of phenols is 1. The highest BCUT2D eigenvalue weighted by Crippen LogP contribution is 2.66. The monoisotopic (exact) mass is 602 g/mol. The summed E-state index contributed by atoms with van der Waals surface area (Å²) in [6.45, 7) is 1.82. The minimum absolute atomic E-state index is 0.0682. The van der Waals surface area contributed by atoms with E-state index in [1.165, 1.54) is 26.3 Å². The first-order valence-corrected chi connectivity index (χ1v) is 13.9. The van der Waals surface area contributed by atoms with Crippen molar-refractivity contribution in [2.75, 3.05) is 19.1 Å². The molecule has 208 valence electrons. The number of amides is 4. The van der Waals surface area contributed by atoms with Gasteiger partial charge in [-0.2, -0.15) is 0 Å². The molecule has 1 saturated carbocycles. The fourth-order valence-electron chi connectivity index (χ4n) is 7.00. The molecule has 11 heteroatoms. The number of likely N-dealkylation sites (tertiary alicyclic amines) is 1. The summed E-state index contributed by atoms with van der Waals surface area (Å²) < 4.78 is 5.55. The first-order valence-electron chi connectivity index (χ1n) is 12.8.